The first-order valence-corrected chi connectivity index (χ1v) is 14.6. The van der Waals surface area contributed by atoms with Crippen LogP contribution in [0, 0.1) is 53.1 Å². The predicted molar refractivity (Wildman–Crippen MR) is 133 cm³/mol. The highest BCUT2D eigenvalue weighted by atomic mass is 19.2. The molecule has 0 radical (unpaired) electrons. The van der Waals surface area contributed by atoms with Gasteiger partial charge >= 0.3 is 0 Å². The Kier molecular flexibility index (Phi) is 7.77. The molecule has 4 fully saturated rings. The highest BCUT2D eigenvalue weighted by Gasteiger charge is 2.40. The van der Waals surface area contributed by atoms with Crippen molar-refractivity contribution >= 4 is 0 Å². The van der Waals surface area contributed by atoms with Gasteiger partial charge in [0.15, 0.2) is 11.6 Å². The molecule has 0 spiro atoms. The van der Waals surface area contributed by atoms with E-state index in [-0.39, 0.29) is 0 Å². The van der Waals surface area contributed by atoms with Crippen LogP contribution < -0.4 is 0 Å². The second kappa shape index (κ2) is 10.8. The van der Waals surface area contributed by atoms with Crippen LogP contribution in [0.1, 0.15) is 121 Å². The summed E-state index contributed by atoms with van der Waals surface area (Å²) in [5, 5.41) is 0. The molecule has 0 heterocycles. The minimum absolute atomic E-state index is 0.431. The lowest BCUT2D eigenvalue weighted by Gasteiger charge is -2.46. The van der Waals surface area contributed by atoms with Gasteiger partial charge in [-0.25, -0.2) is 8.78 Å². The topological polar surface area (TPSA) is 0 Å². The van der Waals surface area contributed by atoms with Crippen LogP contribution in [0.4, 0.5) is 8.78 Å². The first kappa shape index (κ1) is 23.8. The SMILES string of the molecule is CCCC1CCC(C2CCC(C3CCC4CC(c5ccc(F)c(F)c5)CCC4C3)CC2)CC1. The van der Waals surface area contributed by atoms with Crippen molar-refractivity contribution in [3.05, 3.63) is 35.4 Å². The van der Waals surface area contributed by atoms with Crippen LogP contribution in [0.3, 0.4) is 0 Å². The molecule has 0 N–H and O–H groups in total. The zero-order valence-electron chi connectivity index (χ0n) is 20.9. The molecule has 33 heavy (non-hydrogen) atoms. The summed E-state index contributed by atoms with van der Waals surface area (Å²) >= 11 is 0. The molecule has 184 valence electrons. The van der Waals surface area contributed by atoms with Crippen LogP contribution in [0.25, 0.3) is 0 Å². The maximum absolute atomic E-state index is 13.7. The summed E-state index contributed by atoms with van der Waals surface area (Å²) in [5.74, 6) is 5.80. The number of hydrogen-bond acceptors (Lipinski definition) is 0. The van der Waals surface area contributed by atoms with Crippen molar-refractivity contribution in [1.82, 2.24) is 0 Å². The third-order valence-corrected chi connectivity index (χ3v) is 10.8. The van der Waals surface area contributed by atoms with E-state index in [4.69, 9.17) is 0 Å². The van der Waals surface area contributed by atoms with Crippen molar-refractivity contribution in [2.24, 2.45) is 41.4 Å². The molecule has 4 aliphatic carbocycles. The molecular weight excluding hydrogens is 410 g/mol. The molecule has 0 aromatic heterocycles. The van der Waals surface area contributed by atoms with Crippen molar-refractivity contribution in [3.8, 4) is 0 Å². The summed E-state index contributed by atoms with van der Waals surface area (Å²) in [4.78, 5) is 0. The molecule has 0 amide bonds. The van der Waals surface area contributed by atoms with Crippen LogP contribution in [-0.2, 0) is 0 Å². The van der Waals surface area contributed by atoms with E-state index in [0.29, 0.717) is 5.92 Å². The highest BCUT2D eigenvalue weighted by Crippen LogP contribution is 2.52. The maximum atomic E-state index is 13.7. The van der Waals surface area contributed by atoms with Crippen LogP contribution in [0.2, 0.25) is 0 Å². The van der Waals surface area contributed by atoms with Crippen molar-refractivity contribution in [2.45, 2.75) is 116 Å². The largest absolute Gasteiger partial charge is 0.204 e. The Labute approximate surface area is 201 Å². The lowest BCUT2D eigenvalue weighted by atomic mass is 9.59. The van der Waals surface area contributed by atoms with E-state index in [1.807, 2.05) is 6.07 Å². The quantitative estimate of drug-likeness (QED) is 0.413. The molecule has 0 nitrogen and oxygen atoms in total. The molecule has 1 aromatic rings. The summed E-state index contributed by atoms with van der Waals surface area (Å²) in [6.07, 6.45) is 22.8. The van der Waals surface area contributed by atoms with Gasteiger partial charge in [0, 0.05) is 0 Å². The fourth-order valence-corrected chi connectivity index (χ4v) is 8.87. The summed E-state index contributed by atoms with van der Waals surface area (Å²) in [7, 11) is 0. The van der Waals surface area contributed by atoms with Crippen molar-refractivity contribution in [2.75, 3.05) is 0 Å². The van der Waals surface area contributed by atoms with Crippen molar-refractivity contribution in [1.29, 1.82) is 0 Å². The van der Waals surface area contributed by atoms with Crippen LogP contribution >= 0.6 is 0 Å². The van der Waals surface area contributed by atoms with Gasteiger partial charge in [0.2, 0.25) is 0 Å². The monoisotopic (exact) mass is 456 g/mol. The van der Waals surface area contributed by atoms with Gasteiger partial charge in [-0.1, -0.05) is 38.7 Å². The van der Waals surface area contributed by atoms with E-state index in [9.17, 15) is 8.78 Å². The van der Waals surface area contributed by atoms with Crippen LogP contribution in [0.15, 0.2) is 18.2 Å². The molecular formula is C31H46F2. The first-order chi connectivity index (χ1) is 16.1. The van der Waals surface area contributed by atoms with E-state index in [2.05, 4.69) is 6.92 Å². The molecule has 4 atom stereocenters. The van der Waals surface area contributed by atoms with Gasteiger partial charge in [-0.15, -0.1) is 0 Å². The summed E-state index contributed by atoms with van der Waals surface area (Å²) < 4.78 is 27.1. The Bertz CT molecular complexity index is 756. The van der Waals surface area contributed by atoms with Gasteiger partial charge in [0.25, 0.3) is 0 Å². The van der Waals surface area contributed by atoms with Crippen molar-refractivity contribution < 1.29 is 8.78 Å². The predicted octanol–water partition coefficient (Wildman–Crippen LogP) is 9.68. The Morgan fingerprint density at radius 3 is 1.76 bits per heavy atom. The number of benzene rings is 1. The standard InChI is InChI=1S/C31H46F2/c1-2-3-21-4-6-22(7-5-21)23-8-10-24(11-9-23)25-12-13-27-19-28(15-14-26(27)18-25)29-16-17-30(32)31(33)20-29/h16-17,20-28H,2-15,18-19H2,1H3. The van der Waals surface area contributed by atoms with Gasteiger partial charge in [0.1, 0.15) is 0 Å². The maximum Gasteiger partial charge on any atom is 0.159 e. The second-order valence-corrected chi connectivity index (χ2v) is 12.5. The smallest absolute Gasteiger partial charge is 0.159 e. The molecule has 5 rings (SSSR count). The molecule has 2 heteroatoms. The van der Waals surface area contributed by atoms with E-state index in [1.54, 1.807) is 0 Å². The normalized spacial score (nSPS) is 39.7. The number of rotatable bonds is 5. The third-order valence-electron chi connectivity index (χ3n) is 10.8. The number of halogens is 2. The van der Waals surface area contributed by atoms with Crippen LogP contribution in [0.5, 0.6) is 0 Å². The molecule has 4 saturated carbocycles. The minimum atomic E-state index is -0.716. The minimum Gasteiger partial charge on any atom is -0.204 e. The Morgan fingerprint density at radius 1 is 0.606 bits per heavy atom. The van der Waals surface area contributed by atoms with Crippen molar-refractivity contribution in [3.63, 3.8) is 0 Å². The van der Waals surface area contributed by atoms with E-state index in [0.717, 1.165) is 53.4 Å². The lowest BCUT2D eigenvalue weighted by Crippen LogP contribution is -2.35. The Morgan fingerprint density at radius 2 is 1.12 bits per heavy atom. The molecule has 0 bridgehead atoms. The molecule has 1 aromatic carbocycles. The molecule has 0 saturated heterocycles. The van der Waals surface area contributed by atoms with Crippen LogP contribution in [-0.4, -0.2) is 0 Å². The van der Waals surface area contributed by atoms with Gasteiger partial charge in [-0.3, -0.25) is 0 Å². The molecule has 4 unspecified atom stereocenters. The number of hydrogen-bond donors (Lipinski definition) is 0. The average Bonchev–Trinajstić information content (AvgIpc) is 2.86. The van der Waals surface area contributed by atoms with E-state index in [1.165, 1.54) is 108 Å². The van der Waals surface area contributed by atoms with E-state index < -0.39 is 11.6 Å². The Hall–Kier alpha value is -0.920. The fraction of sp³-hybridized carbons (Fsp3) is 0.806. The molecule has 4 aliphatic rings. The van der Waals surface area contributed by atoms with E-state index >= 15 is 0 Å². The summed E-state index contributed by atoms with van der Waals surface area (Å²) in [6, 6.07) is 4.60. The highest BCUT2D eigenvalue weighted by molar-refractivity contribution is 5.22. The first-order valence-electron chi connectivity index (χ1n) is 14.6. The molecule has 0 aliphatic heterocycles. The fourth-order valence-electron chi connectivity index (χ4n) is 8.87. The second-order valence-electron chi connectivity index (χ2n) is 12.5. The number of fused-ring (bicyclic) bond motifs is 1. The van der Waals surface area contributed by atoms with Gasteiger partial charge < -0.3 is 0 Å². The average molecular weight is 457 g/mol. The zero-order valence-corrected chi connectivity index (χ0v) is 20.9. The third kappa shape index (κ3) is 5.51. The van der Waals surface area contributed by atoms with Gasteiger partial charge in [-0.05, 0) is 142 Å². The summed E-state index contributed by atoms with van der Waals surface area (Å²) in [6.45, 7) is 2.35. The van der Waals surface area contributed by atoms with Gasteiger partial charge in [0.05, 0.1) is 0 Å². The van der Waals surface area contributed by atoms with Gasteiger partial charge in [-0.2, -0.15) is 0 Å². The summed E-state index contributed by atoms with van der Waals surface area (Å²) in [5.41, 5.74) is 1.02. The lowest BCUT2D eigenvalue weighted by molar-refractivity contribution is 0.0602. The zero-order chi connectivity index (χ0) is 22.8. The Balaban J connectivity index is 1.08.